The van der Waals surface area contributed by atoms with Gasteiger partial charge in [0.25, 0.3) is 0 Å². The number of rotatable bonds is 1. The Kier molecular flexibility index (Phi) is 2.43. The molecule has 0 aliphatic heterocycles. The van der Waals surface area contributed by atoms with Crippen LogP contribution in [-0.4, -0.2) is 5.11 Å². The maximum absolute atomic E-state index is 13.2. The predicted octanol–water partition coefficient (Wildman–Crippen LogP) is 2.47. The normalized spacial score (nSPS) is 11.1. The van der Waals surface area contributed by atoms with E-state index >= 15 is 0 Å². The number of phenolic OH excluding ortho intramolecular Hbond substituents is 1. The highest BCUT2D eigenvalue weighted by Crippen LogP contribution is 2.33. The summed E-state index contributed by atoms with van der Waals surface area (Å²) in [5, 5.41) is 18.1. The molecule has 0 saturated heterocycles. The zero-order chi connectivity index (χ0) is 10.9. The first-order valence-corrected chi connectivity index (χ1v) is 3.98. The van der Waals surface area contributed by atoms with E-state index in [9.17, 15) is 13.9 Å². The van der Waals surface area contributed by atoms with Gasteiger partial charge in [-0.15, -0.1) is 0 Å². The molecule has 0 saturated carbocycles. The monoisotopic (exact) mass is 197 g/mol. The number of phenols is 1. The fraction of sp³-hybridized carbons (Fsp3) is 0.300. The number of hydrogen-bond acceptors (Lipinski definition) is 2. The van der Waals surface area contributed by atoms with Crippen molar-refractivity contribution in [2.75, 3.05) is 0 Å². The van der Waals surface area contributed by atoms with Crippen molar-refractivity contribution in [1.29, 1.82) is 5.26 Å². The van der Waals surface area contributed by atoms with Gasteiger partial charge in [-0.25, -0.2) is 8.78 Å². The maximum atomic E-state index is 13.2. The molecule has 1 N–H and O–H groups in total. The summed E-state index contributed by atoms with van der Waals surface area (Å²) < 4.78 is 25.9. The Hall–Kier alpha value is -1.63. The van der Waals surface area contributed by atoms with Crippen molar-refractivity contribution in [1.82, 2.24) is 0 Å². The number of halogens is 2. The van der Waals surface area contributed by atoms with Crippen molar-refractivity contribution in [3.8, 4) is 11.8 Å². The first-order chi connectivity index (χ1) is 6.38. The second-order valence-electron chi connectivity index (χ2n) is 3.52. The highest BCUT2D eigenvalue weighted by atomic mass is 19.1. The van der Waals surface area contributed by atoms with Gasteiger partial charge in [0.05, 0.1) is 11.5 Å². The highest BCUT2D eigenvalue weighted by molar-refractivity contribution is 5.42. The molecular formula is C10H9F2NO. The van der Waals surface area contributed by atoms with Crippen molar-refractivity contribution in [3.63, 3.8) is 0 Å². The van der Waals surface area contributed by atoms with E-state index in [1.807, 2.05) is 6.07 Å². The lowest BCUT2D eigenvalue weighted by molar-refractivity contribution is 0.434. The number of hydrogen-bond donors (Lipinski definition) is 1. The van der Waals surface area contributed by atoms with Crippen LogP contribution in [-0.2, 0) is 5.41 Å². The first kappa shape index (κ1) is 10.5. The molecule has 74 valence electrons. The molecular weight excluding hydrogens is 188 g/mol. The zero-order valence-corrected chi connectivity index (χ0v) is 7.81. The van der Waals surface area contributed by atoms with Crippen LogP contribution in [0.4, 0.5) is 8.78 Å². The van der Waals surface area contributed by atoms with E-state index in [1.165, 1.54) is 13.8 Å². The van der Waals surface area contributed by atoms with Crippen molar-refractivity contribution in [2.24, 2.45) is 0 Å². The highest BCUT2D eigenvalue weighted by Gasteiger charge is 2.28. The van der Waals surface area contributed by atoms with Gasteiger partial charge in [0.1, 0.15) is 17.4 Å². The molecule has 0 heterocycles. The molecule has 4 heteroatoms. The third-order valence-electron chi connectivity index (χ3n) is 1.94. The second-order valence-corrected chi connectivity index (χ2v) is 3.52. The smallest absolute Gasteiger partial charge is 0.134 e. The van der Waals surface area contributed by atoms with Crippen LogP contribution in [0.3, 0.4) is 0 Å². The summed E-state index contributed by atoms with van der Waals surface area (Å²) in [6, 6.07) is 3.27. The van der Waals surface area contributed by atoms with Crippen molar-refractivity contribution in [3.05, 3.63) is 29.3 Å². The molecule has 0 radical (unpaired) electrons. The van der Waals surface area contributed by atoms with Crippen LogP contribution in [0.25, 0.3) is 0 Å². The van der Waals surface area contributed by atoms with Crippen molar-refractivity contribution >= 4 is 0 Å². The lowest BCUT2D eigenvalue weighted by Crippen LogP contribution is -2.16. The van der Waals surface area contributed by atoms with Gasteiger partial charge < -0.3 is 5.11 Å². The minimum Gasteiger partial charge on any atom is -0.507 e. The SMILES string of the molecule is CC(C)(C#N)c1c(O)cc(F)cc1F. The molecule has 0 amide bonds. The molecule has 0 unspecified atom stereocenters. The average molecular weight is 197 g/mol. The Morgan fingerprint density at radius 1 is 1.36 bits per heavy atom. The lowest BCUT2D eigenvalue weighted by Gasteiger charge is -2.17. The third-order valence-corrected chi connectivity index (χ3v) is 1.94. The Bertz CT molecular complexity index is 384. The molecule has 1 aromatic carbocycles. The van der Waals surface area contributed by atoms with E-state index < -0.39 is 22.8 Å². The summed E-state index contributed by atoms with van der Waals surface area (Å²) in [6.45, 7) is 2.89. The van der Waals surface area contributed by atoms with Gasteiger partial charge in [-0.2, -0.15) is 5.26 Å². The Morgan fingerprint density at radius 3 is 2.36 bits per heavy atom. The van der Waals surface area contributed by atoms with Gasteiger partial charge in [-0.05, 0) is 13.8 Å². The largest absolute Gasteiger partial charge is 0.507 e. The molecule has 14 heavy (non-hydrogen) atoms. The van der Waals surface area contributed by atoms with E-state index in [0.717, 1.165) is 6.07 Å². The van der Waals surface area contributed by atoms with Gasteiger partial charge >= 0.3 is 0 Å². The molecule has 0 bridgehead atoms. The topological polar surface area (TPSA) is 44.0 Å². The summed E-state index contributed by atoms with van der Waals surface area (Å²) in [7, 11) is 0. The summed E-state index contributed by atoms with van der Waals surface area (Å²) in [5.41, 5.74) is -1.36. The van der Waals surface area contributed by atoms with E-state index in [0.29, 0.717) is 6.07 Å². The predicted molar refractivity (Wildman–Crippen MR) is 46.7 cm³/mol. The molecule has 2 nitrogen and oxygen atoms in total. The Labute approximate surface area is 80.4 Å². The molecule has 1 aromatic rings. The lowest BCUT2D eigenvalue weighted by atomic mass is 9.85. The number of nitrogens with zero attached hydrogens (tertiary/aromatic N) is 1. The van der Waals surface area contributed by atoms with Crippen LogP contribution < -0.4 is 0 Å². The first-order valence-electron chi connectivity index (χ1n) is 3.98. The van der Waals surface area contributed by atoms with Crippen LogP contribution in [0.15, 0.2) is 12.1 Å². The molecule has 0 fully saturated rings. The van der Waals surface area contributed by atoms with Crippen LogP contribution in [0.2, 0.25) is 0 Å². The maximum Gasteiger partial charge on any atom is 0.134 e. The summed E-state index contributed by atoms with van der Waals surface area (Å²) in [4.78, 5) is 0. The number of benzene rings is 1. The molecule has 0 atom stereocenters. The fourth-order valence-corrected chi connectivity index (χ4v) is 1.23. The summed E-state index contributed by atoms with van der Waals surface area (Å²) in [6.07, 6.45) is 0. The van der Waals surface area contributed by atoms with Crippen LogP contribution in [0.5, 0.6) is 5.75 Å². The van der Waals surface area contributed by atoms with E-state index in [-0.39, 0.29) is 5.56 Å². The molecule has 0 aliphatic rings. The zero-order valence-electron chi connectivity index (χ0n) is 7.81. The van der Waals surface area contributed by atoms with Crippen LogP contribution in [0, 0.1) is 23.0 Å². The van der Waals surface area contributed by atoms with Crippen molar-refractivity contribution < 1.29 is 13.9 Å². The fourth-order valence-electron chi connectivity index (χ4n) is 1.23. The standard InChI is InChI=1S/C10H9F2NO/c1-10(2,5-13)9-7(12)3-6(11)4-8(9)14/h3-4,14H,1-2H3. The number of nitriles is 1. The summed E-state index contributed by atoms with van der Waals surface area (Å²) >= 11 is 0. The summed E-state index contributed by atoms with van der Waals surface area (Å²) in [5.74, 6) is -2.31. The van der Waals surface area contributed by atoms with Gasteiger partial charge in [0, 0.05) is 17.7 Å². The second kappa shape index (κ2) is 3.26. The van der Waals surface area contributed by atoms with Crippen LogP contribution in [0.1, 0.15) is 19.4 Å². The van der Waals surface area contributed by atoms with Gasteiger partial charge in [0.2, 0.25) is 0 Å². The average Bonchev–Trinajstić information content (AvgIpc) is 2.01. The molecule has 1 rings (SSSR count). The minimum absolute atomic E-state index is 0.179. The Balaban J connectivity index is 3.44. The van der Waals surface area contributed by atoms with Crippen molar-refractivity contribution in [2.45, 2.75) is 19.3 Å². The van der Waals surface area contributed by atoms with E-state index in [2.05, 4.69) is 0 Å². The molecule has 0 aliphatic carbocycles. The van der Waals surface area contributed by atoms with E-state index in [1.54, 1.807) is 0 Å². The quantitative estimate of drug-likeness (QED) is 0.751. The van der Waals surface area contributed by atoms with Gasteiger partial charge in [-0.3, -0.25) is 0 Å². The van der Waals surface area contributed by atoms with Crippen LogP contribution >= 0.6 is 0 Å². The third kappa shape index (κ3) is 1.67. The number of aromatic hydroxyl groups is 1. The minimum atomic E-state index is -1.18. The molecule has 0 aromatic heterocycles. The Morgan fingerprint density at radius 2 is 1.93 bits per heavy atom. The van der Waals surface area contributed by atoms with Gasteiger partial charge in [0.15, 0.2) is 0 Å². The van der Waals surface area contributed by atoms with Gasteiger partial charge in [-0.1, -0.05) is 0 Å². The molecule has 0 spiro atoms. The van der Waals surface area contributed by atoms with E-state index in [4.69, 9.17) is 5.26 Å².